The zero-order valence-electron chi connectivity index (χ0n) is 15.8. The molecule has 0 aromatic carbocycles. The Bertz CT molecular complexity index is 522. The van der Waals surface area contributed by atoms with Crippen LogP contribution >= 0.6 is 0 Å². The zero-order valence-corrected chi connectivity index (χ0v) is 15.8. The maximum absolute atomic E-state index is 11.9. The Labute approximate surface area is 146 Å². The van der Waals surface area contributed by atoms with Gasteiger partial charge in [0.05, 0.1) is 0 Å². The molecule has 2 rings (SSSR count). The molecule has 1 aromatic heterocycles. The molecule has 1 saturated carbocycles. The molecule has 1 heterocycles. The van der Waals surface area contributed by atoms with E-state index in [4.69, 9.17) is 0 Å². The molecule has 2 N–H and O–H groups in total. The van der Waals surface area contributed by atoms with Crippen LogP contribution in [0.2, 0.25) is 0 Å². The number of hydrogen-bond acceptors (Lipinski definition) is 2. The lowest BCUT2D eigenvalue weighted by molar-refractivity contribution is 0.232. The monoisotopic (exact) mass is 334 g/mol. The summed E-state index contributed by atoms with van der Waals surface area (Å²) < 4.78 is 2.43. The van der Waals surface area contributed by atoms with Crippen molar-refractivity contribution in [3.63, 3.8) is 0 Å². The third-order valence-corrected chi connectivity index (χ3v) is 4.62. The summed E-state index contributed by atoms with van der Waals surface area (Å²) in [6.07, 6.45) is 12.0. The summed E-state index contributed by atoms with van der Waals surface area (Å²) >= 11 is 0. The van der Waals surface area contributed by atoms with Gasteiger partial charge >= 0.3 is 6.03 Å². The predicted molar refractivity (Wildman–Crippen MR) is 98.3 cm³/mol. The summed E-state index contributed by atoms with van der Waals surface area (Å²) in [5, 5.41) is 5.87. The quantitative estimate of drug-likeness (QED) is 0.870. The molecule has 5 nitrogen and oxygen atoms in total. The van der Waals surface area contributed by atoms with E-state index in [-0.39, 0.29) is 11.6 Å². The van der Waals surface area contributed by atoms with Crippen molar-refractivity contribution in [2.45, 2.75) is 90.6 Å². The Balaban J connectivity index is 1.92. The van der Waals surface area contributed by atoms with Crippen LogP contribution < -0.4 is 10.6 Å². The fourth-order valence-electron chi connectivity index (χ4n) is 3.55. The lowest BCUT2D eigenvalue weighted by atomic mass is 9.96. The topological polar surface area (TPSA) is 59.0 Å². The molecule has 1 aliphatic carbocycles. The van der Waals surface area contributed by atoms with Crippen LogP contribution in [0.3, 0.4) is 0 Å². The SMILES string of the molecule is Cc1cnc(CCNC(=O)NC(C)(C)C)n1C1CCCCCCC1. The fourth-order valence-corrected chi connectivity index (χ4v) is 3.55. The Morgan fingerprint density at radius 2 is 1.83 bits per heavy atom. The van der Waals surface area contributed by atoms with Crippen molar-refractivity contribution >= 4 is 6.03 Å². The van der Waals surface area contributed by atoms with E-state index in [1.54, 1.807) is 0 Å². The van der Waals surface area contributed by atoms with Crippen molar-refractivity contribution in [3.05, 3.63) is 17.7 Å². The summed E-state index contributed by atoms with van der Waals surface area (Å²) in [7, 11) is 0. The highest BCUT2D eigenvalue weighted by atomic mass is 16.2. The summed E-state index contributed by atoms with van der Waals surface area (Å²) in [6.45, 7) is 8.71. The van der Waals surface area contributed by atoms with E-state index < -0.39 is 0 Å². The lowest BCUT2D eigenvalue weighted by Gasteiger charge is -2.25. The third-order valence-electron chi connectivity index (χ3n) is 4.62. The highest BCUT2D eigenvalue weighted by molar-refractivity contribution is 5.74. The van der Waals surface area contributed by atoms with Gasteiger partial charge < -0.3 is 15.2 Å². The smallest absolute Gasteiger partial charge is 0.315 e. The van der Waals surface area contributed by atoms with Crippen LogP contribution in [0.5, 0.6) is 0 Å². The molecule has 0 radical (unpaired) electrons. The van der Waals surface area contributed by atoms with Crippen LogP contribution in [0.15, 0.2) is 6.20 Å². The number of rotatable bonds is 4. The third kappa shape index (κ3) is 5.84. The number of nitrogens with one attached hydrogen (secondary N) is 2. The highest BCUT2D eigenvalue weighted by Gasteiger charge is 2.19. The fraction of sp³-hybridized carbons (Fsp3) is 0.789. The van der Waals surface area contributed by atoms with Crippen LogP contribution in [0.25, 0.3) is 0 Å². The van der Waals surface area contributed by atoms with Crippen LogP contribution in [0, 0.1) is 6.92 Å². The number of carbonyl (C=O) groups is 1. The molecule has 1 fully saturated rings. The van der Waals surface area contributed by atoms with Crippen molar-refractivity contribution in [2.75, 3.05) is 6.54 Å². The molecule has 0 unspecified atom stereocenters. The number of nitrogens with zero attached hydrogens (tertiary/aromatic N) is 2. The molecule has 0 atom stereocenters. The van der Waals surface area contributed by atoms with E-state index in [1.807, 2.05) is 27.0 Å². The predicted octanol–water partition coefficient (Wildman–Crippen LogP) is 4.12. The summed E-state index contributed by atoms with van der Waals surface area (Å²) in [5.41, 5.74) is 1.03. The number of urea groups is 1. The summed E-state index contributed by atoms with van der Waals surface area (Å²) in [6, 6.07) is 0.467. The molecule has 2 amide bonds. The number of carbonyl (C=O) groups excluding carboxylic acids is 1. The number of aromatic nitrogens is 2. The first-order valence-corrected chi connectivity index (χ1v) is 9.45. The Kier molecular flexibility index (Phi) is 6.69. The number of aryl methyl sites for hydroxylation is 1. The maximum Gasteiger partial charge on any atom is 0.315 e. The number of amides is 2. The summed E-state index contributed by atoms with van der Waals surface area (Å²) in [4.78, 5) is 16.5. The van der Waals surface area contributed by atoms with E-state index >= 15 is 0 Å². The van der Waals surface area contributed by atoms with Crippen LogP contribution in [-0.4, -0.2) is 27.7 Å². The average Bonchev–Trinajstić information content (AvgIpc) is 2.78. The number of hydrogen-bond donors (Lipinski definition) is 2. The average molecular weight is 335 g/mol. The standard InChI is InChI=1S/C19H34N4O/c1-15-14-21-17(12-13-20-18(24)22-19(2,3)4)23(15)16-10-8-6-5-7-9-11-16/h14,16H,5-13H2,1-4H3,(H2,20,22,24). The molecule has 0 bridgehead atoms. The Hall–Kier alpha value is -1.52. The molecule has 1 aromatic rings. The second-order valence-electron chi connectivity index (χ2n) is 8.07. The van der Waals surface area contributed by atoms with Crippen LogP contribution in [0.1, 0.15) is 83.3 Å². The minimum absolute atomic E-state index is 0.108. The molecular weight excluding hydrogens is 300 g/mol. The lowest BCUT2D eigenvalue weighted by Crippen LogP contribution is -2.46. The van der Waals surface area contributed by atoms with Gasteiger partial charge in [-0.15, -0.1) is 0 Å². The maximum atomic E-state index is 11.9. The summed E-state index contributed by atoms with van der Waals surface area (Å²) in [5.74, 6) is 1.11. The van der Waals surface area contributed by atoms with E-state index in [0.717, 1.165) is 12.2 Å². The first kappa shape index (κ1) is 18.8. The molecule has 0 saturated heterocycles. The van der Waals surface area contributed by atoms with Crippen molar-refractivity contribution < 1.29 is 4.79 Å². The normalized spacial score (nSPS) is 17.2. The van der Waals surface area contributed by atoms with Crippen LogP contribution in [0.4, 0.5) is 4.79 Å². The van der Waals surface area contributed by atoms with Gasteiger partial charge in [-0.25, -0.2) is 9.78 Å². The number of imidazole rings is 1. The Morgan fingerprint density at radius 1 is 1.21 bits per heavy atom. The van der Waals surface area contributed by atoms with Crippen molar-refractivity contribution in [1.29, 1.82) is 0 Å². The van der Waals surface area contributed by atoms with E-state index in [9.17, 15) is 4.79 Å². The van der Waals surface area contributed by atoms with Gasteiger partial charge in [-0.3, -0.25) is 0 Å². The molecular formula is C19H34N4O. The molecule has 24 heavy (non-hydrogen) atoms. The van der Waals surface area contributed by atoms with E-state index in [0.29, 0.717) is 12.6 Å². The molecule has 0 spiro atoms. The minimum Gasteiger partial charge on any atom is -0.338 e. The van der Waals surface area contributed by atoms with Gasteiger partial charge in [0, 0.05) is 36.4 Å². The molecule has 1 aliphatic rings. The van der Waals surface area contributed by atoms with Gasteiger partial charge in [-0.05, 0) is 40.5 Å². The van der Waals surface area contributed by atoms with Gasteiger partial charge in [-0.1, -0.05) is 32.1 Å². The minimum atomic E-state index is -0.210. The van der Waals surface area contributed by atoms with Crippen molar-refractivity contribution in [2.24, 2.45) is 0 Å². The molecule has 0 aliphatic heterocycles. The van der Waals surface area contributed by atoms with Gasteiger partial charge in [0.2, 0.25) is 0 Å². The second-order valence-corrected chi connectivity index (χ2v) is 8.07. The first-order valence-electron chi connectivity index (χ1n) is 9.45. The van der Waals surface area contributed by atoms with E-state index in [1.165, 1.54) is 50.6 Å². The van der Waals surface area contributed by atoms with E-state index in [2.05, 4.69) is 27.1 Å². The Morgan fingerprint density at radius 3 is 2.46 bits per heavy atom. The molecule has 5 heteroatoms. The van der Waals surface area contributed by atoms with Gasteiger partial charge in [0.1, 0.15) is 5.82 Å². The largest absolute Gasteiger partial charge is 0.338 e. The first-order chi connectivity index (χ1) is 11.4. The van der Waals surface area contributed by atoms with Gasteiger partial charge in [-0.2, -0.15) is 0 Å². The van der Waals surface area contributed by atoms with Crippen molar-refractivity contribution in [3.8, 4) is 0 Å². The van der Waals surface area contributed by atoms with Crippen LogP contribution in [-0.2, 0) is 6.42 Å². The zero-order chi connectivity index (χ0) is 17.6. The molecule has 136 valence electrons. The second kappa shape index (κ2) is 8.54. The highest BCUT2D eigenvalue weighted by Crippen LogP contribution is 2.28. The van der Waals surface area contributed by atoms with Crippen molar-refractivity contribution in [1.82, 2.24) is 20.2 Å². The van der Waals surface area contributed by atoms with Gasteiger partial charge in [0.25, 0.3) is 0 Å². The van der Waals surface area contributed by atoms with Gasteiger partial charge in [0.15, 0.2) is 0 Å².